The number of rotatable bonds is 8. The first-order valence-electron chi connectivity index (χ1n) is 6.77. The summed E-state index contributed by atoms with van der Waals surface area (Å²) in [5, 5.41) is 23.2. The Morgan fingerprint density at radius 1 is 1.40 bits per heavy atom. The molecule has 0 amide bonds. The largest absolute Gasteiger partial charge is 0.494 e. The third-order valence-electron chi connectivity index (χ3n) is 3.01. The average molecular weight is 282 g/mol. The van der Waals surface area contributed by atoms with Gasteiger partial charge in [-0.25, -0.2) is 0 Å². The van der Waals surface area contributed by atoms with Crippen LogP contribution in [0.4, 0.5) is 11.4 Å². The van der Waals surface area contributed by atoms with E-state index in [9.17, 15) is 10.1 Å². The SMILES string of the molecule is CCOc1cc(NC(CCO)C(C)C)cc([N+](=O)[O-])c1. The molecule has 1 aromatic rings. The Hall–Kier alpha value is -1.82. The molecule has 0 radical (unpaired) electrons. The van der Waals surface area contributed by atoms with Crippen molar-refractivity contribution in [3.8, 4) is 5.75 Å². The van der Waals surface area contributed by atoms with Crippen molar-refractivity contribution in [1.82, 2.24) is 0 Å². The number of benzene rings is 1. The van der Waals surface area contributed by atoms with E-state index in [0.29, 0.717) is 30.4 Å². The molecule has 0 aliphatic rings. The molecule has 0 heterocycles. The summed E-state index contributed by atoms with van der Waals surface area (Å²) in [6.07, 6.45) is 0.588. The van der Waals surface area contributed by atoms with E-state index in [2.05, 4.69) is 5.32 Å². The fourth-order valence-electron chi connectivity index (χ4n) is 1.95. The maximum absolute atomic E-state index is 10.9. The predicted molar refractivity (Wildman–Crippen MR) is 78.2 cm³/mol. The minimum absolute atomic E-state index is 0.00930. The fraction of sp³-hybridized carbons (Fsp3) is 0.571. The quantitative estimate of drug-likeness (QED) is 0.565. The molecule has 0 aromatic heterocycles. The summed E-state index contributed by atoms with van der Waals surface area (Å²) in [7, 11) is 0. The molecule has 20 heavy (non-hydrogen) atoms. The van der Waals surface area contributed by atoms with Crippen LogP contribution in [0.3, 0.4) is 0 Å². The van der Waals surface area contributed by atoms with E-state index in [0.717, 1.165) is 0 Å². The lowest BCUT2D eigenvalue weighted by atomic mass is 10.0. The van der Waals surface area contributed by atoms with Gasteiger partial charge in [0.15, 0.2) is 0 Å². The number of anilines is 1. The van der Waals surface area contributed by atoms with Gasteiger partial charge in [0.1, 0.15) is 5.75 Å². The minimum atomic E-state index is -0.440. The summed E-state index contributed by atoms with van der Waals surface area (Å²) >= 11 is 0. The van der Waals surface area contributed by atoms with Crippen LogP contribution in [0.1, 0.15) is 27.2 Å². The minimum Gasteiger partial charge on any atom is -0.494 e. The van der Waals surface area contributed by atoms with E-state index >= 15 is 0 Å². The van der Waals surface area contributed by atoms with Gasteiger partial charge in [-0.15, -0.1) is 0 Å². The monoisotopic (exact) mass is 282 g/mol. The van der Waals surface area contributed by atoms with Crippen molar-refractivity contribution in [2.75, 3.05) is 18.5 Å². The first kappa shape index (κ1) is 16.2. The van der Waals surface area contributed by atoms with Gasteiger partial charge in [0.05, 0.1) is 17.6 Å². The smallest absolute Gasteiger partial charge is 0.275 e. The van der Waals surface area contributed by atoms with Gasteiger partial charge in [-0.3, -0.25) is 10.1 Å². The van der Waals surface area contributed by atoms with E-state index in [1.165, 1.54) is 12.1 Å². The Morgan fingerprint density at radius 3 is 2.60 bits per heavy atom. The van der Waals surface area contributed by atoms with Gasteiger partial charge in [-0.1, -0.05) is 13.8 Å². The van der Waals surface area contributed by atoms with Crippen LogP contribution in [0.5, 0.6) is 5.75 Å². The zero-order valence-electron chi connectivity index (χ0n) is 12.1. The molecular formula is C14H22N2O4. The molecule has 1 unspecified atom stereocenters. The lowest BCUT2D eigenvalue weighted by Crippen LogP contribution is -2.26. The van der Waals surface area contributed by atoms with Crippen molar-refractivity contribution < 1.29 is 14.8 Å². The van der Waals surface area contributed by atoms with Gasteiger partial charge < -0.3 is 15.2 Å². The third kappa shape index (κ3) is 4.70. The molecule has 0 saturated carbocycles. The van der Waals surface area contributed by atoms with Crippen LogP contribution in [0.25, 0.3) is 0 Å². The molecule has 1 atom stereocenters. The van der Waals surface area contributed by atoms with Crippen molar-refractivity contribution in [1.29, 1.82) is 0 Å². The summed E-state index contributed by atoms with van der Waals surface area (Å²) in [6, 6.07) is 4.68. The van der Waals surface area contributed by atoms with Gasteiger partial charge in [-0.2, -0.15) is 0 Å². The second-order valence-electron chi connectivity index (χ2n) is 4.91. The number of aliphatic hydroxyl groups excluding tert-OH is 1. The van der Waals surface area contributed by atoms with Crippen LogP contribution < -0.4 is 10.1 Å². The van der Waals surface area contributed by atoms with E-state index in [4.69, 9.17) is 9.84 Å². The number of hydrogen-bond acceptors (Lipinski definition) is 5. The molecule has 1 rings (SSSR count). The number of ether oxygens (including phenoxy) is 1. The number of non-ortho nitro benzene ring substituents is 1. The average Bonchev–Trinajstić information content (AvgIpc) is 2.38. The van der Waals surface area contributed by atoms with Gasteiger partial charge in [-0.05, 0) is 19.3 Å². The van der Waals surface area contributed by atoms with Crippen LogP contribution in [0.15, 0.2) is 18.2 Å². The Kier molecular flexibility index (Phi) is 6.24. The molecule has 6 heteroatoms. The van der Waals surface area contributed by atoms with Crippen LogP contribution in [0, 0.1) is 16.0 Å². The number of aliphatic hydroxyl groups is 1. The number of nitrogens with zero attached hydrogens (tertiary/aromatic N) is 1. The first-order valence-corrected chi connectivity index (χ1v) is 6.77. The zero-order chi connectivity index (χ0) is 15.1. The van der Waals surface area contributed by atoms with E-state index in [1.54, 1.807) is 6.07 Å². The van der Waals surface area contributed by atoms with Crippen LogP contribution in [-0.4, -0.2) is 29.3 Å². The molecule has 0 bridgehead atoms. The van der Waals surface area contributed by atoms with Crippen molar-refractivity contribution in [3.63, 3.8) is 0 Å². The van der Waals surface area contributed by atoms with Crippen LogP contribution in [-0.2, 0) is 0 Å². The maximum Gasteiger partial charge on any atom is 0.275 e. The molecule has 0 aliphatic heterocycles. The van der Waals surface area contributed by atoms with Crippen molar-refractivity contribution in [3.05, 3.63) is 28.3 Å². The molecular weight excluding hydrogens is 260 g/mol. The third-order valence-corrected chi connectivity index (χ3v) is 3.01. The molecule has 6 nitrogen and oxygen atoms in total. The molecule has 0 aliphatic carbocycles. The fourth-order valence-corrected chi connectivity index (χ4v) is 1.95. The maximum atomic E-state index is 10.9. The normalized spacial score (nSPS) is 12.2. The summed E-state index contributed by atoms with van der Waals surface area (Å²) in [5.41, 5.74) is 0.625. The molecule has 2 N–H and O–H groups in total. The molecule has 0 spiro atoms. The lowest BCUT2D eigenvalue weighted by Gasteiger charge is -2.23. The molecule has 0 fully saturated rings. The summed E-state index contributed by atoms with van der Waals surface area (Å²) in [6.45, 7) is 6.42. The highest BCUT2D eigenvalue weighted by Gasteiger charge is 2.16. The highest BCUT2D eigenvalue weighted by atomic mass is 16.6. The van der Waals surface area contributed by atoms with Gasteiger partial charge in [0.2, 0.25) is 0 Å². The topological polar surface area (TPSA) is 84.6 Å². The summed E-state index contributed by atoms with van der Waals surface area (Å²) in [5.74, 6) is 0.771. The summed E-state index contributed by atoms with van der Waals surface area (Å²) in [4.78, 5) is 10.5. The lowest BCUT2D eigenvalue weighted by molar-refractivity contribution is -0.384. The Labute approximate surface area is 118 Å². The van der Waals surface area contributed by atoms with Crippen molar-refractivity contribution in [2.45, 2.75) is 33.2 Å². The van der Waals surface area contributed by atoms with Crippen LogP contribution in [0.2, 0.25) is 0 Å². The van der Waals surface area contributed by atoms with Gasteiger partial charge in [0.25, 0.3) is 5.69 Å². The van der Waals surface area contributed by atoms with E-state index in [1.807, 2.05) is 20.8 Å². The highest BCUT2D eigenvalue weighted by molar-refractivity contribution is 5.56. The molecule has 112 valence electrons. The Bertz CT molecular complexity index is 449. The molecule has 0 saturated heterocycles. The highest BCUT2D eigenvalue weighted by Crippen LogP contribution is 2.27. The second kappa shape index (κ2) is 7.69. The van der Waals surface area contributed by atoms with E-state index < -0.39 is 4.92 Å². The number of nitro groups is 1. The number of nitro benzene ring substituents is 1. The standard InChI is InChI=1S/C14H22N2O4/c1-4-20-13-8-11(7-12(9-13)16(18)19)15-14(5-6-17)10(2)3/h7-10,14-15,17H,4-6H2,1-3H3. The Balaban J connectivity index is 2.99. The Morgan fingerprint density at radius 2 is 2.10 bits per heavy atom. The molecule has 1 aromatic carbocycles. The van der Waals surface area contributed by atoms with E-state index in [-0.39, 0.29) is 18.3 Å². The second-order valence-corrected chi connectivity index (χ2v) is 4.91. The predicted octanol–water partition coefficient (Wildman–Crippen LogP) is 2.81. The van der Waals surface area contributed by atoms with Crippen molar-refractivity contribution >= 4 is 11.4 Å². The van der Waals surface area contributed by atoms with Gasteiger partial charge in [0, 0.05) is 30.5 Å². The first-order chi connectivity index (χ1) is 9.47. The van der Waals surface area contributed by atoms with Crippen LogP contribution >= 0.6 is 0 Å². The van der Waals surface area contributed by atoms with Crippen molar-refractivity contribution in [2.24, 2.45) is 5.92 Å². The number of nitrogens with one attached hydrogen (secondary N) is 1. The number of hydrogen-bond donors (Lipinski definition) is 2. The van der Waals surface area contributed by atoms with Gasteiger partial charge >= 0.3 is 0 Å². The summed E-state index contributed by atoms with van der Waals surface area (Å²) < 4.78 is 5.35. The zero-order valence-corrected chi connectivity index (χ0v) is 12.1.